The maximum absolute atomic E-state index is 13.2. The highest BCUT2D eigenvalue weighted by atomic mass is 19.1. The quantitative estimate of drug-likeness (QED) is 0.724. The molecule has 0 aromatic heterocycles. The van der Waals surface area contributed by atoms with Crippen LogP contribution in [0.2, 0.25) is 0 Å². The number of benzene rings is 2. The van der Waals surface area contributed by atoms with Crippen LogP contribution >= 0.6 is 0 Å². The lowest BCUT2D eigenvalue weighted by Crippen LogP contribution is -2.19. The molecule has 88 valence electrons. The van der Waals surface area contributed by atoms with Crippen molar-refractivity contribution in [1.29, 1.82) is 0 Å². The second kappa shape index (κ2) is 4.28. The first-order valence-electron chi connectivity index (χ1n) is 5.52. The van der Waals surface area contributed by atoms with Crippen molar-refractivity contribution in [3.05, 3.63) is 71.3 Å². The van der Waals surface area contributed by atoms with E-state index < -0.39 is 5.41 Å². The maximum atomic E-state index is 13.2. The molecule has 0 radical (unpaired) electrons. The van der Waals surface area contributed by atoms with Gasteiger partial charge in [-0.2, -0.15) is 0 Å². The molecule has 0 saturated heterocycles. The molecule has 0 fully saturated rings. The molecule has 17 heavy (non-hydrogen) atoms. The SMILES string of the molecule is CC(C)(c1cccc(F)c1)c1cccc(F)c1. The molecule has 0 bridgehead atoms. The number of hydrogen-bond acceptors (Lipinski definition) is 0. The molecule has 2 heteroatoms. The molecular weight excluding hydrogens is 218 g/mol. The fourth-order valence-corrected chi connectivity index (χ4v) is 1.92. The van der Waals surface area contributed by atoms with Gasteiger partial charge in [-0.3, -0.25) is 0 Å². The molecule has 2 aromatic carbocycles. The predicted molar refractivity (Wildman–Crippen MR) is 64.9 cm³/mol. The normalized spacial score (nSPS) is 11.5. The third-order valence-electron chi connectivity index (χ3n) is 3.09. The predicted octanol–water partition coefficient (Wildman–Crippen LogP) is 4.29. The largest absolute Gasteiger partial charge is 0.207 e. The maximum Gasteiger partial charge on any atom is 0.123 e. The highest BCUT2D eigenvalue weighted by Gasteiger charge is 2.23. The zero-order chi connectivity index (χ0) is 12.5. The van der Waals surface area contributed by atoms with E-state index in [4.69, 9.17) is 0 Å². The zero-order valence-electron chi connectivity index (χ0n) is 9.87. The van der Waals surface area contributed by atoms with Gasteiger partial charge in [-0.1, -0.05) is 38.1 Å². The van der Waals surface area contributed by atoms with Crippen molar-refractivity contribution in [3.63, 3.8) is 0 Å². The van der Waals surface area contributed by atoms with Gasteiger partial charge >= 0.3 is 0 Å². The summed E-state index contributed by atoms with van der Waals surface area (Å²) in [5.41, 5.74) is 1.26. The standard InChI is InChI=1S/C15H14F2/c1-15(2,11-5-3-7-13(16)9-11)12-6-4-8-14(17)10-12/h3-10H,1-2H3. The summed E-state index contributed by atoms with van der Waals surface area (Å²) < 4.78 is 26.4. The van der Waals surface area contributed by atoms with Crippen LogP contribution < -0.4 is 0 Å². The highest BCUT2D eigenvalue weighted by molar-refractivity contribution is 5.37. The molecule has 0 spiro atoms. The topological polar surface area (TPSA) is 0 Å². The van der Waals surface area contributed by atoms with Gasteiger partial charge in [0.2, 0.25) is 0 Å². The lowest BCUT2D eigenvalue weighted by atomic mass is 9.78. The van der Waals surface area contributed by atoms with Crippen LogP contribution in [-0.2, 0) is 5.41 Å². The molecule has 0 heterocycles. The third kappa shape index (κ3) is 2.36. The number of hydrogen-bond donors (Lipinski definition) is 0. The summed E-state index contributed by atoms with van der Waals surface area (Å²) in [4.78, 5) is 0. The smallest absolute Gasteiger partial charge is 0.123 e. The summed E-state index contributed by atoms with van der Waals surface area (Å²) in [7, 11) is 0. The van der Waals surface area contributed by atoms with Crippen molar-refractivity contribution in [3.8, 4) is 0 Å². The van der Waals surface area contributed by atoms with Gasteiger partial charge in [-0.15, -0.1) is 0 Å². The van der Waals surface area contributed by atoms with Crippen LogP contribution in [-0.4, -0.2) is 0 Å². The van der Waals surface area contributed by atoms with Crippen LogP contribution in [0, 0.1) is 11.6 Å². The zero-order valence-corrected chi connectivity index (χ0v) is 9.87. The molecule has 0 atom stereocenters. The van der Waals surface area contributed by atoms with E-state index in [9.17, 15) is 8.78 Å². The van der Waals surface area contributed by atoms with Gasteiger partial charge in [0.25, 0.3) is 0 Å². The van der Waals surface area contributed by atoms with Gasteiger partial charge in [0.05, 0.1) is 0 Å². The molecule has 0 aliphatic carbocycles. The Labute approximate surface area is 99.9 Å². The van der Waals surface area contributed by atoms with Crippen LogP contribution in [0.3, 0.4) is 0 Å². The van der Waals surface area contributed by atoms with Crippen LogP contribution in [0.4, 0.5) is 8.78 Å². The molecule has 0 aliphatic heterocycles. The molecule has 0 N–H and O–H groups in total. The van der Waals surface area contributed by atoms with Crippen molar-refractivity contribution in [1.82, 2.24) is 0 Å². The van der Waals surface area contributed by atoms with Gasteiger partial charge in [-0.25, -0.2) is 8.78 Å². The minimum absolute atomic E-state index is 0.271. The highest BCUT2D eigenvalue weighted by Crippen LogP contribution is 2.31. The Morgan fingerprint density at radius 2 is 1.18 bits per heavy atom. The van der Waals surface area contributed by atoms with E-state index in [-0.39, 0.29) is 11.6 Å². The Bertz CT molecular complexity index is 482. The molecule has 0 saturated carbocycles. The fraction of sp³-hybridized carbons (Fsp3) is 0.200. The Hall–Kier alpha value is -1.70. The molecule has 2 aromatic rings. The van der Waals surface area contributed by atoms with Crippen molar-refractivity contribution in [2.45, 2.75) is 19.3 Å². The van der Waals surface area contributed by atoms with Crippen molar-refractivity contribution in [2.24, 2.45) is 0 Å². The lowest BCUT2D eigenvalue weighted by molar-refractivity contribution is 0.588. The van der Waals surface area contributed by atoms with Crippen LogP contribution in [0.5, 0.6) is 0 Å². The first-order chi connectivity index (χ1) is 8.00. The second-order valence-electron chi connectivity index (χ2n) is 4.65. The van der Waals surface area contributed by atoms with Crippen molar-refractivity contribution in [2.75, 3.05) is 0 Å². The van der Waals surface area contributed by atoms with E-state index >= 15 is 0 Å². The summed E-state index contributed by atoms with van der Waals surface area (Å²) in [6, 6.07) is 12.9. The third-order valence-corrected chi connectivity index (χ3v) is 3.09. The molecule has 0 unspecified atom stereocenters. The van der Waals surface area contributed by atoms with Crippen LogP contribution in [0.1, 0.15) is 25.0 Å². The van der Waals surface area contributed by atoms with E-state index in [0.29, 0.717) is 0 Å². The minimum atomic E-state index is -0.413. The average molecular weight is 232 g/mol. The monoisotopic (exact) mass is 232 g/mol. The summed E-state index contributed by atoms with van der Waals surface area (Å²) in [5.74, 6) is -0.543. The van der Waals surface area contributed by atoms with Crippen LogP contribution in [0.25, 0.3) is 0 Å². The average Bonchev–Trinajstić information content (AvgIpc) is 2.29. The van der Waals surface area contributed by atoms with Gasteiger partial charge in [0.15, 0.2) is 0 Å². The van der Waals surface area contributed by atoms with Gasteiger partial charge < -0.3 is 0 Å². The Morgan fingerprint density at radius 3 is 1.53 bits per heavy atom. The first kappa shape index (κ1) is 11.8. The first-order valence-corrected chi connectivity index (χ1v) is 5.52. The van der Waals surface area contributed by atoms with E-state index in [2.05, 4.69) is 0 Å². The van der Waals surface area contributed by atoms with Crippen molar-refractivity contribution < 1.29 is 8.78 Å². The fourth-order valence-electron chi connectivity index (χ4n) is 1.92. The van der Waals surface area contributed by atoms with E-state index in [0.717, 1.165) is 11.1 Å². The van der Waals surface area contributed by atoms with Gasteiger partial charge in [-0.05, 0) is 35.4 Å². The Balaban J connectivity index is 2.49. The van der Waals surface area contributed by atoms with E-state index in [1.807, 2.05) is 26.0 Å². The lowest BCUT2D eigenvalue weighted by Gasteiger charge is -2.26. The van der Waals surface area contributed by atoms with Gasteiger partial charge in [0.1, 0.15) is 11.6 Å². The second-order valence-corrected chi connectivity index (χ2v) is 4.65. The Kier molecular flexibility index (Phi) is 2.97. The van der Waals surface area contributed by atoms with Gasteiger partial charge in [0, 0.05) is 5.41 Å². The molecule has 0 nitrogen and oxygen atoms in total. The molecular formula is C15H14F2. The summed E-state index contributed by atoms with van der Waals surface area (Å²) in [6.45, 7) is 3.91. The summed E-state index contributed by atoms with van der Waals surface area (Å²) in [6.07, 6.45) is 0. The van der Waals surface area contributed by atoms with Crippen molar-refractivity contribution >= 4 is 0 Å². The summed E-state index contributed by atoms with van der Waals surface area (Å²) >= 11 is 0. The number of halogens is 2. The molecule has 0 aliphatic rings. The Morgan fingerprint density at radius 1 is 0.765 bits per heavy atom. The molecule has 0 amide bonds. The number of rotatable bonds is 2. The minimum Gasteiger partial charge on any atom is -0.207 e. The van der Waals surface area contributed by atoms with E-state index in [1.54, 1.807) is 12.1 Å². The van der Waals surface area contributed by atoms with Crippen LogP contribution in [0.15, 0.2) is 48.5 Å². The molecule has 2 rings (SSSR count). The van der Waals surface area contributed by atoms with E-state index in [1.165, 1.54) is 24.3 Å². The summed E-state index contributed by atoms with van der Waals surface area (Å²) in [5, 5.41) is 0.